The van der Waals surface area contributed by atoms with Crippen LogP contribution in [0.1, 0.15) is 28.2 Å². The number of rotatable bonds is 13. The number of nitrogens with zero attached hydrogens (tertiary/aromatic N) is 2. The molecular formula is C33H32ClN3O6S. The van der Waals surface area contributed by atoms with Crippen LogP contribution in [0, 0.1) is 18.3 Å². The van der Waals surface area contributed by atoms with Crippen LogP contribution in [0.15, 0.2) is 93.7 Å². The van der Waals surface area contributed by atoms with E-state index < -0.39 is 15.9 Å². The Balaban J connectivity index is 1.47. The van der Waals surface area contributed by atoms with E-state index in [0.29, 0.717) is 28.7 Å². The van der Waals surface area contributed by atoms with Crippen molar-refractivity contribution in [2.75, 3.05) is 20.8 Å². The van der Waals surface area contributed by atoms with Crippen molar-refractivity contribution in [1.82, 2.24) is 9.62 Å². The maximum Gasteiger partial charge on any atom is 0.262 e. The zero-order valence-corrected chi connectivity index (χ0v) is 26.1. The number of ether oxygens (including phenoxy) is 2. The number of nitrogens with one attached hydrogen (secondary N) is 1. The number of benzene rings is 3. The van der Waals surface area contributed by atoms with Crippen molar-refractivity contribution < 1.29 is 27.1 Å². The maximum atomic E-state index is 13.6. The lowest BCUT2D eigenvalue weighted by Crippen LogP contribution is -2.30. The third kappa shape index (κ3) is 8.29. The van der Waals surface area contributed by atoms with Crippen LogP contribution in [0.25, 0.3) is 6.08 Å². The van der Waals surface area contributed by atoms with Crippen molar-refractivity contribution in [2.24, 2.45) is 0 Å². The van der Waals surface area contributed by atoms with Crippen LogP contribution in [0.5, 0.6) is 11.5 Å². The number of methoxy groups -OCH3 is 2. The SMILES string of the molecule is COc1ccc(CCNC(=O)/C(C#N)=C\c2ccc(CN(Cc3ccc(C)cc3)S(=O)(=O)c3ccc(Cl)cc3)o2)cc1OC. The van der Waals surface area contributed by atoms with Crippen molar-refractivity contribution in [3.05, 3.63) is 118 Å². The Morgan fingerprint density at radius 1 is 0.955 bits per heavy atom. The standard InChI is InChI=1S/C33H32ClN3O6S/c1-23-4-6-25(7-5-23)21-37(44(39,40)30-13-9-27(34)10-14-30)22-29-12-11-28(43-29)19-26(20-35)33(38)36-17-16-24-8-15-31(41-2)32(18-24)42-3/h4-15,18-19H,16-17,21-22H2,1-3H3,(H,36,38)/b26-19-. The van der Waals surface area contributed by atoms with E-state index in [-0.39, 0.29) is 35.9 Å². The molecule has 0 aliphatic heterocycles. The number of aryl methyl sites for hydroxylation is 1. The molecule has 1 aromatic heterocycles. The van der Waals surface area contributed by atoms with Gasteiger partial charge in [0.2, 0.25) is 10.0 Å². The summed E-state index contributed by atoms with van der Waals surface area (Å²) in [6, 6.07) is 24.1. The quantitative estimate of drug-likeness (QED) is 0.143. The number of carbonyl (C=O) groups excluding carboxylic acids is 1. The number of amides is 1. The van der Waals surface area contributed by atoms with E-state index >= 15 is 0 Å². The summed E-state index contributed by atoms with van der Waals surface area (Å²) < 4.78 is 45.0. The zero-order valence-electron chi connectivity index (χ0n) is 24.5. The van der Waals surface area contributed by atoms with E-state index in [4.69, 9.17) is 25.5 Å². The van der Waals surface area contributed by atoms with Crippen molar-refractivity contribution in [3.63, 3.8) is 0 Å². The molecule has 0 atom stereocenters. The molecule has 9 nitrogen and oxygen atoms in total. The van der Waals surface area contributed by atoms with Gasteiger partial charge in [0.1, 0.15) is 23.2 Å². The van der Waals surface area contributed by atoms with Crippen LogP contribution in [-0.2, 0) is 34.3 Å². The second-order valence-corrected chi connectivity index (χ2v) is 12.3. The average molecular weight is 634 g/mol. The van der Waals surface area contributed by atoms with Gasteiger partial charge in [-0.15, -0.1) is 0 Å². The molecule has 44 heavy (non-hydrogen) atoms. The molecule has 0 radical (unpaired) electrons. The topological polar surface area (TPSA) is 122 Å². The number of hydrogen-bond acceptors (Lipinski definition) is 7. The van der Waals surface area contributed by atoms with Gasteiger partial charge in [-0.3, -0.25) is 4.79 Å². The minimum absolute atomic E-state index is 0.0773. The highest BCUT2D eigenvalue weighted by atomic mass is 35.5. The first-order valence-corrected chi connectivity index (χ1v) is 15.5. The second kappa shape index (κ2) is 14.8. The highest BCUT2D eigenvalue weighted by Gasteiger charge is 2.26. The zero-order chi connectivity index (χ0) is 31.7. The third-order valence-electron chi connectivity index (χ3n) is 6.74. The monoisotopic (exact) mass is 633 g/mol. The minimum Gasteiger partial charge on any atom is -0.493 e. The molecule has 228 valence electrons. The van der Waals surface area contributed by atoms with Gasteiger partial charge in [-0.05, 0) is 73.0 Å². The summed E-state index contributed by atoms with van der Waals surface area (Å²) in [5.41, 5.74) is 2.63. The fraction of sp³-hybridized carbons (Fsp3) is 0.212. The van der Waals surface area contributed by atoms with Gasteiger partial charge in [0.25, 0.3) is 5.91 Å². The summed E-state index contributed by atoms with van der Waals surface area (Å²) in [5, 5.41) is 12.8. The smallest absolute Gasteiger partial charge is 0.262 e. The van der Waals surface area contributed by atoms with Gasteiger partial charge in [-0.2, -0.15) is 9.57 Å². The Hall–Kier alpha value is -4.56. The minimum atomic E-state index is -3.93. The summed E-state index contributed by atoms with van der Waals surface area (Å²) in [6.07, 6.45) is 1.84. The van der Waals surface area contributed by atoms with Crippen LogP contribution in [0.3, 0.4) is 0 Å². The molecule has 0 bridgehead atoms. The third-order valence-corrected chi connectivity index (χ3v) is 8.80. The van der Waals surface area contributed by atoms with Crippen molar-refractivity contribution in [2.45, 2.75) is 31.3 Å². The molecule has 1 amide bonds. The Morgan fingerprint density at radius 3 is 2.30 bits per heavy atom. The van der Waals surface area contributed by atoms with Gasteiger partial charge >= 0.3 is 0 Å². The molecule has 11 heteroatoms. The lowest BCUT2D eigenvalue weighted by Gasteiger charge is -2.21. The number of carbonyl (C=O) groups is 1. The van der Waals surface area contributed by atoms with E-state index in [1.165, 1.54) is 34.6 Å². The van der Waals surface area contributed by atoms with E-state index in [0.717, 1.165) is 16.7 Å². The molecule has 1 heterocycles. The molecule has 3 aromatic carbocycles. The molecule has 4 aromatic rings. The van der Waals surface area contributed by atoms with E-state index in [2.05, 4.69) is 5.32 Å². The number of hydrogen-bond donors (Lipinski definition) is 1. The van der Waals surface area contributed by atoms with Crippen LogP contribution in [0.4, 0.5) is 0 Å². The normalized spacial score (nSPS) is 11.7. The lowest BCUT2D eigenvalue weighted by molar-refractivity contribution is -0.117. The Morgan fingerprint density at radius 2 is 1.64 bits per heavy atom. The largest absolute Gasteiger partial charge is 0.493 e. The molecule has 0 saturated carbocycles. The van der Waals surface area contributed by atoms with Gasteiger partial charge in [0.05, 0.1) is 25.7 Å². The van der Waals surface area contributed by atoms with Crippen molar-refractivity contribution >= 4 is 33.6 Å². The van der Waals surface area contributed by atoms with Gasteiger partial charge in [-0.1, -0.05) is 47.5 Å². The lowest BCUT2D eigenvalue weighted by atomic mass is 10.1. The Bertz CT molecular complexity index is 1780. The number of nitriles is 1. The predicted molar refractivity (Wildman–Crippen MR) is 168 cm³/mol. The molecule has 0 aliphatic carbocycles. The predicted octanol–water partition coefficient (Wildman–Crippen LogP) is 5.92. The highest BCUT2D eigenvalue weighted by molar-refractivity contribution is 7.89. The molecular weight excluding hydrogens is 602 g/mol. The van der Waals surface area contributed by atoms with E-state index in [9.17, 15) is 18.5 Å². The molecule has 0 spiro atoms. The number of halogens is 1. The van der Waals surface area contributed by atoms with Gasteiger partial charge in [0.15, 0.2) is 11.5 Å². The van der Waals surface area contributed by atoms with Gasteiger partial charge < -0.3 is 19.2 Å². The fourth-order valence-corrected chi connectivity index (χ4v) is 5.87. The molecule has 0 fully saturated rings. The van der Waals surface area contributed by atoms with Crippen LogP contribution in [0.2, 0.25) is 5.02 Å². The van der Waals surface area contributed by atoms with Crippen LogP contribution >= 0.6 is 11.6 Å². The molecule has 0 aliphatic rings. The fourth-order valence-electron chi connectivity index (χ4n) is 4.35. The van der Waals surface area contributed by atoms with Crippen LogP contribution in [-0.4, -0.2) is 39.4 Å². The second-order valence-electron chi connectivity index (χ2n) is 9.88. The maximum absolute atomic E-state index is 13.6. The number of furan rings is 1. The Kier molecular flexibility index (Phi) is 10.8. The first-order valence-electron chi connectivity index (χ1n) is 13.6. The summed E-state index contributed by atoms with van der Waals surface area (Å²) in [7, 11) is -0.825. The van der Waals surface area contributed by atoms with Gasteiger partial charge in [0, 0.05) is 24.2 Å². The van der Waals surface area contributed by atoms with Crippen molar-refractivity contribution in [3.8, 4) is 17.6 Å². The average Bonchev–Trinajstić information content (AvgIpc) is 3.47. The molecule has 4 rings (SSSR count). The molecule has 0 unspecified atom stereocenters. The van der Waals surface area contributed by atoms with Crippen molar-refractivity contribution in [1.29, 1.82) is 5.26 Å². The Labute approximate surface area is 262 Å². The number of sulfonamides is 1. The van der Waals surface area contributed by atoms with Crippen LogP contribution < -0.4 is 14.8 Å². The molecule has 0 saturated heterocycles. The summed E-state index contributed by atoms with van der Waals surface area (Å²) in [6.45, 7) is 2.26. The first kappa shape index (κ1) is 32.4. The summed E-state index contributed by atoms with van der Waals surface area (Å²) in [5.74, 6) is 1.21. The first-order chi connectivity index (χ1) is 21.1. The van der Waals surface area contributed by atoms with Gasteiger partial charge in [-0.25, -0.2) is 8.42 Å². The summed E-state index contributed by atoms with van der Waals surface area (Å²) >= 11 is 5.98. The van der Waals surface area contributed by atoms with E-state index in [1.807, 2.05) is 49.4 Å². The summed E-state index contributed by atoms with van der Waals surface area (Å²) in [4.78, 5) is 12.8. The van der Waals surface area contributed by atoms with E-state index in [1.54, 1.807) is 32.4 Å². The molecule has 1 N–H and O–H groups in total. The highest BCUT2D eigenvalue weighted by Crippen LogP contribution is 2.28.